The molecule has 0 bridgehead atoms. The Bertz CT molecular complexity index is 877. The van der Waals surface area contributed by atoms with Crippen molar-refractivity contribution in [2.75, 3.05) is 5.75 Å². The van der Waals surface area contributed by atoms with E-state index >= 15 is 0 Å². The van der Waals surface area contributed by atoms with Gasteiger partial charge in [0.15, 0.2) is 5.58 Å². The molecule has 2 aromatic carbocycles. The van der Waals surface area contributed by atoms with Crippen LogP contribution in [0.2, 0.25) is 0 Å². The number of oxazole rings is 1. The highest BCUT2D eigenvalue weighted by atomic mass is 32.2. The van der Waals surface area contributed by atoms with Crippen LogP contribution in [-0.2, 0) is 0 Å². The predicted molar refractivity (Wildman–Crippen MR) is 89.4 cm³/mol. The van der Waals surface area contributed by atoms with E-state index in [1.807, 2.05) is 6.92 Å². The maximum atomic E-state index is 12.5. The fourth-order valence-corrected chi connectivity index (χ4v) is 3.58. The average molecular weight is 371 g/mol. The van der Waals surface area contributed by atoms with Gasteiger partial charge >= 0.3 is 5.51 Å². The highest BCUT2D eigenvalue weighted by Gasteiger charge is 2.29. The second kappa shape index (κ2) is 6.60. The molecule has 8 heteroatoms. The first-order valence-corrected chi connectivity index (χ1v) is 8.78. The maximum absolute atomic E-state index is 12.5. The van der Waals surface area contributed by atoms with Gasteiger partial charge in [0.05, 0.1) is 5.56 Å². The van der Waals surface area contributed by atoms with Crippen LogP contribution in [-0.4, -0.2) is 21.4 Å². The zero-order valence-electron chi connectivity index (χ0n) is 12.4. The number of hydrogen-bond acceptors (Lipinski definition) is 5. The van der Waals surface area contributed by atoms with Crippen molar-refractivity contribution in [3.63, 3.8) is 0 Å². The molecule has 0 spiro atoms. The number of alkyl halides is 3. The Labute approximate surface area is 144 Å². The number of rotatable bonds is 4. The summed E-state index contributed by atoms with van der Waals surface area (Å²) in [6, 6.07) is 9.01. The Balaban J connectivity index is 2.02. The monoisotopic (exact) mass is 371 g/mol. The average Bonchev–Trinajstić information content (AvgIpc) is 2.89. The first-order valence-electron chi connectivity index (χ1n) is 6.98. The lowest BCUT2D eigenvalue weighted by atomic mass is 10.2. The van der Waals surface area contributed by atoms with E-state index in [4.69, 9.17) is 4.42 Å². The van der Waals surface area contributed by atoms with Gasteiger partial charge < -0.3 is 9.52 Å². The molecule has 24 heavy (non-hydrogen) atoms. The lowest BCUT2D eigenvalue weighted by Crippen LogP contribution is -1.98. The van der Waals surface area contributed by atoms with Crippen LogP contribution in [0.1, 0.15) is 6.92 Å². The summed E-state index contributed by atoms with van der Waals surface area (Å²) in [5.74, 6) is 1.24. The number of hydrogen-bond donors (Lipinski definition) is 1. The Hall–Kier alpha value is -1.80. The number of aromatic nitrogens is 1. The SMILES string of the molecule is CCSc1cc(O)ccc1-c1nc2cc(SC(F)(F)F)ccc2o1. The van der Waals surface area contributed by atoms with Crippen molar-refractivity contribution in [2.24, 2.45) is 0 Å². The molecule has 1 aromatic heterocycles. The quantitative estimate of drug-likeness (QED) is 0.577. The predicted octanol–water partition coefficient (Wildman–Crippen LogP) is 5.92. The van der Waals surface area contributed by atoms with Crippen LogP contribution in [0.4, 0.5) is 13.2 Å². The lowest BCUT2D eigenvalue weighted by molar-refractivity contribution is -0.0328. The van der Waals surface area contributed by atoms with E-state index in [2.05, 4.69) is 4.98 Å². The van der Waals surface area contributed by atoms with Gasteiger partial charge in [-0.05, 0) is 53.9 Å². The molecule has 1 heterocycles. The summed E-state index contributed by atoms with van der Waals surface area (Å²) in [6.45, 7) is 1.98. The second-order valence-electron chi connectivity index (χ2n) is 4.81. The van der Waals surface area contributed by atoms with Gasteiger partial charge in [-0.25, -0.2) is 4.98 Å². The number of aromatic hydroxyl groups is 1. The van der Waals surface area contributed by atoms with Crippen LogP contribution in [0.25, 0.3) is 22.6 Å². The molecule has 0 saturated carbocycles. The zero-order valence-corrected chi connectivity index (χ0v) is 14.1. The van der Waals surface area contributed by atoms with Crippen LogP contribution in [0.15, 0.2) is 50.6 Å². The summed E-state index contributed by atoms with van der Waals surface area (Å²) in [4.78, 5) is 5.16. The highest BCUT2D eigenvalue weighted by Crippen LogP contribution is 2.39. The van der Waals surface area contributed by atoms with Crippen LogP contribution < -0.4 is 0 Å². The van der Waals surface area contributed by atoms with Crippen molar-refractivity contribution in [1.82, 2.24) is 4.98 Å². The smallest absolute Gasteiger partial charge is 0.446 e. The first-order chi connectivity index (χ1) is 11.4. The van der Waals surface area contributed by atoms with Gasteiger partial charge in [0.2, 0.25) is 5.89 Å². The maximum Gasteiger partial charge on any atom is 0.446 e. The molecule has 0 saturated heterocycles. The molecule has 1 N–H and O–H groups in total. The number of nitrogens with zero attached hydrogens (tertiary/aromatic N) is 1. The van der Waals surface area contributed by atoms with E-state index in [1.54, 1.807) is 12.1 Å². The van der Waals surface area contributed by atoms with E-state index in [0.717, 1.165) is 10.6 Å². The summed E-state index contributed by atoms with van der Waals surface area (Å²) in [5, 5.41) is 9.62. The molecule has 3 aromatic rings. The number of thioether (sulfide) groups is 2. The Morgan fingerprint density at radius 1 is 1.17 bits per heavy atom. The molecule has 0 amide bonds. The molecule has 0 aliphatic rings. The van der Waals surface area contributed by atoms with Crippen LogP contribution in [0, 0.1) is 0 Å². The molecule has 0 aliphatic heterocycles. The van der Waals surface area contributed by atoms with Gasteiger partial charge in [0.25, 0.3) is 0 Å². The third-order valence-electron chi connectivity index (χ3n) is 3.09. The highest BCUT2D eigenvalue weighted by molar-refractivity contribution is 8.00. The van der Waals surface area contributed by atoms with Gasteiger partial charge in [0.1, 0.15) is 11.3 Å². The van der Waals surface area contributed by atoms with E-state index in [-0.39, 0.29) is 22.4 Å². The summed E-state index contributed by atoms with van der Waals surface area (Å²) in [7, 11) is 0. The molecule has 0 atom stereocenters. The van der Waals surface area contributed by atoms with Crippen molar-refractivity contribution in [2.45, 2.75) is 22.2 Å². The molecule has 0 fully saturated rings. The van der Waals surface area contributed by atoms with Crippen molar-refractivity contribution in [3.8, 4) is 17.2 Å². The minimum atomic E-state index is -4.35. The molecule has 0 aliphatic carbocycles. The molecule has 3 rings (SSSR count). The van der Waals surface area contributed by atoms with Crippen LogP contribution in [0.3, 0.4) is 0 Å². The summed E-state index contributed by atoms with van der Waals surface area (Å²) >= 11 is 1.33. The number of fused-ring (bicyclic) bond motifs is 1. The van der Waals surface area contributed by atoms with Crippen LogP contribution in [0.5, 0.6) is 5.75 Å². The van der Waals surface area contributed by atoms with E-state index < -0.39 is 5.51 Å². The largest absolute Gasteiger partial charge is 0.508 e. The summed E-state index contributed by atoms with van der Waals surface area (Å²) in [6.07, 6.45) is 0. The minimum Gasteiger partial charge on any atom is -0.508 e. The standard InChI is InChI=1S/C16H12F3NO2S2/c1-2-23-14-7-9(21)3-5-11(14)15-20-12-8-10(24-16(17,18)19)4-6-13(12)22-15/h3-8,21H,2H2,1H3. The molecular weight excluding hydrogens is 359 g/mol. The molecular formula is C16H12F3NO2S2. The fraction of sp³-hybridized carbons (Fsp3) is 0.188. The van der Waals surface area contributed by atoms with E-state index in [1.165, 1.54) is 36.0 Å². The molecule has 3 nitrogen and oxygen atoms in total. The van der Waals surface area contributed by atoms with E-state index in [9.17, 15) is 18.3 Å². The first kappa shape index (κ1) is 17.0. The zero-order chi connectivity index (χ0) is 17.3. The van der Waals surface area contributed by atoms with Gasteiger partial charge in [-0.3, -0.25) is 0 Å². The number of phenolic OH excluding ortho intramolecular Hbond substituents is 1. The Morgan fingerprint density at radius 3 is 2.67 bits per heavy atom. The Kier molecular flexibility index (Phi) is 4.69. The van der Waals surface area contributed by atoms with Crippen molar-refractivity contribution in [3.05, 3.63) is 36.4 Å². The van der Waals surface area contributed by atoms with E-state index in [0.29, 0.717) is 22.6 Å². The third kappa shape index (κ3) is 3.81. The molecule has 0 radical (unpaired) electrons. The number of phenols is 1. The second-order valence-corrected chi connectivity index (χ2v) is 7.25. The van der Waals surface area contributed by atoms with Crippen molar-refractivity contribution in [1.29, 1.82) is 0 Å². The summed E-state index contributed by atoms with van der Waals surface area (Å²) < 4.78 is 43.1. The Morgan fingerprint density at radius 2 is 1.96 bits per heavy atom. The van der Waals surface area contributed by atoms with Gasteiger partial charge in [0, 0.05) is 9.79 Å². The molecule has 126 valence electrons. The third-order valence-corrected chi connectivity index (χ3v) is 4.75. The topological polar surface area (TPSA) is 46.3 Å². The van der Waals surface area contributed by atoms with Gasteiger partial charge in [-0.2, -0.15) is 13.2 Å². The van der Waals surface area contributed by atoms with Crippen molar-refractivity contribution >= 4 is 34.6 Å². The molecule has 0 unspecified atom stereocenters. The summed E-state index contributed by atoms with van der Waals surface area (Å²) in [5.41, 5.74) is -2.88. The van der Waals surface area contributed by atoms with Crippen LogP contribution >= 0.6 is 23.5 Å². The number of halogens is 3. The van der Waals surface area contributed by atoms with Crippen molar-refractivity contribution < 1.29 is 22.7 Å². The lowest BCUT2D eigenvalue weighted by Gasteiger charge is -2.05. The number of benzene rings is 2. The van der Waals surface area contributed by atoms with Gasteiger partial charge in [-0.1, -0.05) is 6.92 Å². The minimum absolute atomic E-state index is 0.0590. The van der Waals surface area contributed by atoms with Gasteiger partial charge in [-0.15, -0.1) is 11.8 Å². The normalized spacial score (nSPS) is 12.0. The fourth-order valence-electron chi connectivity index (χ4n) is 2.18.